The van der Waals surface area contributed by atoms with Crippen molar-refractivity contribution in [2.24, 2.45) is 0 Å². The van der Waals surface area contributed by atoms with Gasteiger partial charge in [0.25, 0.3) is 11.8 Å². The second-order valence-electron chi connectivity index (χ2n) is 9.34. The lowest BCUT2D eigenvalue weighted by Crippen LogP contribution is -2.44. The largest absolute Gasteiger partial charge is 0.451 e. The summed E-state index contributed by atoms with van der Waals surface area (Å²) in [5.41, 5.74) is 3.89. The molecule has 2 N–H and O–H groups in total. The molecule has 0 aliphatic carbocycles. The summed E-state index contributed by atoms with van der Waals surface area (Å²) in [7, 11) is 0. The molecule has 1 aliphatic heterocycles. The Morgan fingerprint density at radius 2 is 1.53 bits per heavy atom. The van der Waals surface area contributed by atoms with Crippen LogP contribution in [0.15, 0.2) is 77.2 Å². The molecule has 2 amide bonds. The summed E-state index contributed by atoms with van der Waals surface area (Å²) in [5.74, 6) is -0.314. The van der Waals surface area contributed by atoms with Gasteiger partial charge in [-0.1, -0.05) is 12.1 Å². The second-order valence-corrected chi connectivity index (χ2v) is 9.34. The molecule has 4 aromatic rings. The summed E-state index contributed by atoms with van der Waals surface area (Å²) >= 11 is 0. The van der Waals surface area contributed by atoms with Crippen molar-refractivity contribution in [2.75, 3.05) is 18.4 Å². The van der Waals surface area contributed by atoms with Gasteiger partial charge < -0.3 is 15.1 Å². The first-order chi connectivity index (χ1) is 18.5. The maximum Gasteiger partial charge on any atom is 0.287 e. The van der Waals surface area contributed by atoms with Gasteiger partial charge in [0.05, 0.1) is 23.3 Å². The van der Waals surface area contributed by atoms with Crippen molar-refractivity contribution in [2.45, 2.75) is 25.4 Å². The smallest absolute Gasteiger partial charge is 0.287 e. The van der Waals surface area contributed by atoms with E-state index in [0.29, 0.717) is 33.3 Å². The van der Waals surface area contributed by atoms with Crippen molar-refractivity contribution in [3.05, 3.63) is 101 Å². The SMILES string of the molecule is N#Cc1ccc(CN2CCC(NC(=O)c3cc4cc(NC(=O)c5ccc(C#N)cc5)ccc4o3)CC2)cc1. The summed E-state index contributed by atoms with van der Waals surface area (Å²) in [6.45, 7) is 2.56. The number of hydrogen-bond acceptors (Lipinski definition) is 6. The van der Waals surface area contributed by atoms with Gasteiger partial charge in [-0.3, -0.25) is 14.5 Å². The summed E-state index contributed by atoms with van der Waals surface area (Å²) < 4.78 is 5.77. The molecule has 1 saturated heterocycles. The summed E-state index contributed by atoms with van der Waals surface area (Å²) in [6.07, 6.45) is 1.68. The first-order valence-electron chi connectivity index (χ1n) is 12.4. The molecule has 1 fully saturated rings. The van der Waals surface area contributed by atoms with Crippen LogP contribution in [-0.4, -0.2) is 35.8 Å². The van der Waals surface area contributed by atoms with Crippen LogP contribution in [0.1, 0.15) is 50.4 Å². The molecule has 0 saturated carbocycles. The Labute approximate surface area is 220 Å². The van der Waals surface area contributed by atoms with Gasteiger partial charge in [-0.25, -0.2) is 0 Å². The summed E-state index contributed by atoms with van der Waals surface area (Å²) in [4.78, 5) is 27.8. The Kier molecular flexibility index (Phi) is 7.17. The van der Waals surface area contributed by atoms with Crippen LogP contribution in [0.25, 0.3) is 11.0 Å². The number of rotatable bonds is 6. The average molecular weight is 504 g/mol. The van der Waals surface area contributed by atoms with Gasteiger partial charge in [-0.05, 0) is 79.1 Å². The lowest BCUT2D eigenvalue weighted by Gasteiger charge is -2.32. The summed E-state index contributed by atoms with van der Waals surface area (Å²) in [6, 6.07) is 25.2. The molecule has 0 atom stereocenters. The lowest BCUT2D eigenvalue weighted by molar-refractivity contribution is 0.0883. The molecule has 8 heteroatoms. The minimum absolute atomic E-state index is 0.0650. The number of amides is 2. The molecule has 1 aliphatic rings. The summed E-state index contributed by atoms with van der Waals surface area (Å²) in [5, 5.41) is 24.5. The van der Waals surface area contributed by atoms with Crippen molar-refractivity contribution >= 4 is 28.5 Å². The number of furan rings is 1. The van der Waals surface area contributed by atoms with E-state index in [0.717, 1.165) is 32.5 Å². The van der Waals surface area contributed by atoms with Crippen molar-refractivity contribution < 1.29 is 14.0 Å². The molecule has 0 radical (unpaired) electrons. The van der Waals surface area contributed by atoms with E-state index in [1.54, 1.807) is 48.5 Å². The van der Waals surface area contributed by atoms with Gasteiger partial charge in [0, 0.05) is 42.3 Å². The molecule has 5 rings (SSSR count). The third kappa shape index (κ3) is 5.73. The molecule has 0 spiro atoms. The highest BCUT2D eigenvalue weighted by Crippen LogP contribution is 2.24. The van der Waals surface area contributed by atoms with E-state index in [2.05, 4.69) is 21.6 Å². The Bertz CT molecular complexity index is 1550. The Hall–Kier alpha value is -4.92. The number of nitrogens with zero attached hydrogens (tertiary/aromatic N) is 3. The van der Waals surface area contributed by atoms with Crippen LogP contribution in [0.4, 0.5) is 5.69 Å². The van der Waals surface area contributed by atoms with Crippen LogP contribution in [0.2, 0.25) is 0 Å². The van der Waals surface area contributed by atoms with Crippen LogP contribution < -0.4 is 10.6 Å². The van der Waals surface area contributed by atoms with Gasteiger partial charge in [0.1, 0.15) is 5.58 Å². The lowest BCUT2D eigenvalue weighted by atomic mass is 10.0. The molecule has 38 heavy (non-hydrogen) atoms. The Balaban J connectivity index is 1.15. The van der Waals surface area contributed by atoms with E-state index in [4.69, 9.17) is 14.9 Å². The van der Waals surface area contributed by atoms with Gasteiger partial charge in [0.2, 0.25) is 0 Å². The zero-order chi connectivity index (χ0) is 26.5. The van der Waals surface area contributed by atoms with Gasteiger partial charge in [0.15, 0.2) is 5.76 Å². The fraction of sp³-hybridized carbons (Fsp3) is 0.200. The molecule has 3 aromatic carbocycles. The molecular weight excluding hydrogens is 478 g/mol. The molecule has 8 nitrogen and oxygen atoms in total. The fourth-order valence-electron chi connectivity index (χ4n) is 4.57. The first kappa shape index (κ1) is 24.8. The number of carbonyl (C=O) groups excluding carboxylic acids is 2. The highest BCUT2D eigenvalue weighted by molar-refractivity contribution is 6.05. The maximum atomic E-state index is 12.9. The maximum absolute atomic E-state index is 12.9. The van der Waals surface area contributed by atoms with E-state index in [1.165, 1.54) is 5.56 Å². The van der Waals surface area contributed by atoms with Crippen LogP contribution in [-0.2, 0) is 6.54 Å². The Morgan fingerprint density at radius 1 is 0.868 bits per heavy atom. The third-order valence-electron chi connectivity index (χ3n) is 6.69. The molecule has 1 aromatic heterocycles. The fourth-order valence-corrected chi connectivity index (χ4v) is 4.57. The topological polar surface area (TPSA) is 122 Å². The number of hydrogen-bond donors (Lipinski definition) is 2. The zero-order valence-electron chi connectivity index (χ0n) is 20.6. The van der Waals surface area contributed by atoms with Crippen molar-refractivity contribution in [1.82, 2.24) is 10.2 Å². The third-order valence-corrected chi connectivity index (χ3v) is 6.69. The standard InChI is InChI=1S/C30H25N5O3/c31-17-20-1-3-22(4-2-20)19-35-13-11-25(12-14-35)33-30(37)28-16-24-15-26(9-10-27(24)38-28)34-29(36)23-7-5-21(18-32)6-8-23/h1-10,15-16,25H,11-14,19H2,(H,33,37)(H,34,36). The van der Waals surface area contributed by atoms with Crippen molar-refractivity contribution in [3.63, 3.8) is 0 Å². The second kappa shape index (κ2) is 11.0. The van der Waals surface area contributed by atoms with Gasteiger partial charge >= 0.3 is 0 Å². The van der Waals surface area contributed by atoms with Gasteiger partial charge in [-0.15, -0.1) is 0 Å². The van der Waals surface area contributed by atoms with E-state index in [9.17, 15) is 9.59 Å². The highest BCUT2D eigenvalue weighted by atomic mass is 16.3. The van der Waals surface area contributed by atoms with E-state index in [-0.39, 0.29) is 23.6 Å². The van der Waals surface area contributed by atoms with Crippen LogP contribution in [0, 0.1) is 22.7 Å². The highest BCUT2D eigenvalue weighted by Gasteiger charge is 2.23. The predicted octanol–water partition coefficient (Wildman–Crippen LogP) is 4.82. The number of piperidine rings is 1. The van der Waals surface area contributed by atoms with Gasteiger partial charge in [-0.2, -0.15) is 10.5 Å². The van der Waals surface area contributed by atoms with Crippen molar-refractivity contribution in [1.29, 1.82) is 10.5 Å². The number of likely N-dealkylation sites (tertiary alicyclic amines) is 1. The average Bonchev–Trinajstić information content (AvgIpc) is 3.38. The minimum Gasteiger partial charge on any atom is -0.451 e. The predicted molar refractivity (Wildman–Crippen MR) is 142 cm³/mol. The van der Waals surface area contributed by atoms with Crippen LogP contribution >= 0.6 is 0 Å². The number of carbonyl (C=O) groups is 2. The monoisotopic (exact) mass is 503 g/mol. The molecule has 0 unspecified atom stereocenters. The van der Waals surface area contributed by atoms with E-state index < -0.39 is 0 Å². The number of nitrogens with one attached hydrogen (secondary N) is 2. The quantitative estimate of drug-likeness (QED) is 0.389. The number of benzene rings is 3. The molecule has 188 valence electrons. The molecular formula is C30H25N5O3. The number of fused-ring (bicyclic) bond motifs is 1. The van der Waals surface area contributed by atoms with E-state index >= 15 is 0 Å². The zero-order valence-corrected chi connectivity index (χ0v) is 20.6. The van der Waals surface area contributed by atoms with Crippen molar-refractivity contribution in [3.8, 4) is 12.1 Å². The van der Waals surface area contributed by atoms with Crippen LogP contribution in [0.5, 0.6) is 0 Å². The number of anilines is 1. The number of nitriles is 2. The first-order valence-corrected chi connectivity index (χ1v) is 12.4. The minimum atomic E-state index is -0.291. The molecule has 0 bridgehead atoms. The van der Waals surface area contributed by atoms with Crippen LogP contribution in [0.3, 0.4) is 0 Å². The Morgan fingerprint density at radius 3 is 2.18 bits per heavy atom. The normalized spacial score (nSPS) is 13.9. The van der Waals surface area contributed by atoms with E-state index in [1.807, 2.05) is 30.3 Å². The molecule has 2 heterocycles.